The third kappa shape index (κ3) is 6.74. The molecule has 7 nitrogen and oxygen atoms in total. The molecular weight excluding hydrogens is 456 g/mol. The summed E-state index contributed by atoms with van der Waals surface area (Å²) in [4.78, 5) is 36.2. The Kier molecular flexibility index (Phi) is 8.92. The highest BCUT2D eigenvalue weighted by molar-refractivity contribution is 7.83. The molecule has 2 aromatic carbocycles. The normalized spacial score (nSPS) is 9.81. The number of para-hydroxylation sites is 1. The van der Waals surface area contributed by atoms with Gasteiger partial charge in [-0.15, -0.1) is 24.0 Å². The highest BCUT2D eigenvalue weighted by Gasteiger charge is 2.21. The Morgan fingerprint density at radius 1 is 1.16 bits per heavy atom. The number of primary amides is 1. The van der Waals surface area contributed by atoms with E-state index in [0.29, 0.717) is 34.6 Å². The molecule has 0 radical (unpaired) electrons. The van der Waals surface area contributed by atoms with Gasteiger partial charge in [0.25, 0.3) is 5.91 Å². The van der Waals surface area contributed by atoms with E-state index < -0.39 is 11.9 Å². The van der Waals surface area contributed by atoms with E-state index in [2.05, 4.69) is 23.3 Å². The van der Waals surface area contributed by atoms with Crippen LogP contribution >= 0.6 is 35.6 Å². The van der Waals surface area contributed by atoms with Crippen LogP contribution in [-0.2, 0) is 4.79 Å². The Morgan fingerprint density at radius 2 is 1.87 bits per heavy atom. The monoisotopic (exact) mass is 476 g/mol. The summed E-state index contributed by atoms with van der Waals surface area (Å²) in [6.07, 6.45) is 0.471. The molecule has 31 heavy (non-hydrogen) atoms. The first-order valence-corrected chi connectivity index (χ1v) is 10.6. The Balaban J connectivity index is 0.000000412. The summed E-state index contributed by atoms with van der Waals surface area (Å²) in [6, 6.07) is 14.7. The second-order valence-corrected chi connectivity index (χ2v) is 8.64. The summed E-state index contributed by atoms with van der Waals surface area (Å²) in [5.74, 6) is -0.450. The number of imide groups is 1. The minimum absolute atomic E-state index is 0.380. The van der Waals surface area contributed by atoms with Crippen LogP contribution in [0.5, 0.6) is 0 Å². The Morgan fingerprint density at radius 3 is 2.35 bits per heavy atom. The number of aryl methyl sites for hydroxylation is 1. The van der Waals surface area contributed by atoms with E-state index in [0.717, 1.165) is 13.4 Å². The number of benzene rings is 2. The van der Waals surface area contributed by atoms with Crippen LogP contribution in [0.15, 0.2) is 58.8 Å². The van der Waals surface area contributed by atoms with Crippen LogP contribution in [0.3, 0.4) is 0 Å². The fourth-order valence-corrected chi connectivity index (χ4v) is 4.00. The molecule has 4 N–H and O–H groups in total. The number of thiol groups is 1. The second-order valence-electron chi connectivity index (χ2n) is 6.14. The first-order valence-electron chi connectivity index (χ1n) is 8.93. The van der Waals surface area contributed by atoms with Crippen LogP contribution in [0.4, 0.5) is 21.9 Å². The van der Waals surface area contributed by atoms with Crippen LogP contribution in [0.1, 0.15) is 15.9 Å². The van der Waals surface area contributed by atoms with Crippen molar-refractivity contribution in [1.29, 1.82) is 0 Å². The molecule has 1 heterocycles. The van der Waals surface area contributed by atoms with Gasteiger partial charge in [-0.2, -0.15) is 0 Å². The molecule has 0 aliphatic rings. The highest BCUT2D eigenvalue weighted by Crippen LogP contribution is 2.26. The first-order chi connectivity index (χ1) is 14.8. The van der Waals surface area contributed by atoms with E-state index in [9.17, 15) is 14.4 Å². The van der Waals surface area contributed by atoms with Crippen molar-refractivity contribution in [3.8, 4) is 0 Å². The van der Waals surface area contributed by atoms with E-state index in [-0.39, 0.29) is 0 Å². The van der Waals surface area contributed by atoms with Crippen LogP contribution in [0.2, 0.25) is 4.34 Å². The summed E-state index contributed by atoms with van der Waals surface area (Å²) in [5, 5.41) is 5.37. The number of halogens is 1. The largest absolute Gasteiger partial charge is 0.387 e. The summed E-state index contributed by atoms with van der Waals surface area (Å²) in [5.41, 5.74) is 7.63. The Bertz CT molecular complexity index is 1070. The summed E-state index contributed by atoms with van der Waals surface area (Å²) < 4.78 is 1.76. The van der Waals surface area contributed by atoms with Crippen molar-refractivity contribution in [2.45, 2.75) is 11.1 Å². The number of hydrogen-bond donors (Lipinski definition) is 4. The SMILES string of the molecule is CNc1ccccc1C(=O)N(C=O)c1ccc(NC(N)=O)cc1C.Sc1ccc(Cl)s1. The fourth-order valence-electron chi connectivity index (χ4n) is 2.68. The molecule has 3 aromatic rings. The van der Waals surface area contributed by atoms with E-state index in [1.807, 2.05) is 12.1 Å². The molecule has 0 fully saturated rings. The highest BCUT2D eigenvalue weighted by atomic mass is 35.5. The minimum Gasteiger partial charge on any atom is -0.387 e. The van der Waals surface area contributed by atoms with Gasteiger partial charge in [0.05, 0.1) is 19.8 Å². The topological polar surface area (TPSA) is 105 Å². The molecule has 0 aliphatic heterocycles. The van der Waals surface area contributed by atoms with E-state index >= 15 is 0 Å². The number of thiophene rings is 1. The van der Waals surface area contributed by atoms with Crippen molar-refractivity contribution >= 4 is 71.0 Å². The second kappa shape index (κ2) is 11.4. The van der Waals surface area contributed by atoms with Crippen molar-refractivity contribution in [3.63, 3.8) is 0 Å². The molecule has 0 atom stereocenters. The van der Waals surface area contributed by atoms with Gasteiger partial charge in [0.2, 0.25) is 6.41 Å². The standard InChI is InChI=1S/C17H18N4O3.C4H3ClS2/c1-11-9-12(20-17(18)24)7-8-15(11)21(10-22)16(23)13-5-3-4-6-14(13)19-2;5-3-1-2-4(6)7-3/h3-10,19H,1-2H3,(H3,18,20,24);1-2,6H. The molecule has 0 unspecified atom stereocenters. The molecular formula is C21H21ClN4O3S2. The maximum atomic E-state index is 12.7. The quantitative estimate of drug-likeness (QED) is 0.306. The Hall–Kier alpha value is -3.01. The number of carbonyl (C=O) groups is 3. The number of anilines is 3. The van der Waals surface area contributed by atoms with E-state index in [4.69, 9.17) is 17.3 Å². The van der Waals surface area contributed by atoms with Crippen molar-refractivity contribution in [2.24, 2.45) is 5.73 Å². The van der Waals surface area contributed by atoms with E-state index in [1.54, 1.807) is 56.4 Å². The molecule has 1 aromatic heterocycles. The molecule has 162 valence electrons. The lowest BCUT2D eigenvalue weighted by molar-refractivity contribution is -0.106. The number of nitrogens with zero attached hydrogens (tertiary/aromatic N) is 1. The number of hydrogen-bond acceptors (Lipinski definition) is 6. The van der Waals surface area contributed by atoms with Gasteiger partial charge in [-0.3, -0.25) is 9.59 Å². The molecule has 3 rings (SSSR count). The van der Waals surface area contributed by atoms with Crippen LogP contribution in [0, 0.1) is 6.92 Å². The van der Waals surface area contributed by atoms with Gasteiger partial charge in [0, 0.05) is 18.4 Å². The minimum atomic E-state index is -0.687. The van der Waals surface area contributed by atoms with Gasteiger partial charge in [-0.25, -0.2) is 9.69 Å². The van der Waals surface area contributed by atoms with Crippen molar-refractivity contribution in [3.05, 3.63) is 70.1 Å². The molecule has 10 heteroatoms. The number of nitrogens with one attached hydrogen (secondary N) is 2. The van der Waals surface area contributed by atoms with Crippen molar-refractivity contribution in [2.75, 3.05) is 22.6 Å². The molecule has 0 saturated heterocycles. The molecule has 0 bridgehead atoms. The zero-order valence-electron chi connectivity index (χ0n) is 16.8. The lowest BCUT2D eigenvalue weighted by atomic mass is 10.1. The van der Waals surface area contributed by atoms with Crippen LogP contribution in [-0.4, -0.2) is 25.4 Å². The fraction of sp³-hybridized carbons (Fsp3) is 0.0952. The van der Waals surface area contributed by atoms with Gasteiger partial charge >= 0.3 is 6.03 Å². The number of rotatable bonds is 5. The molecule has 4 amide bonds. The number of amides is 4. The third-order valence-electron chi connectivity index (χ3n) is 4.03. The van der Waals surface area contributed by atoms with Gasteiger partial charge in [0.15, 0.2) is 0 Å². The number of nitrogens with two attached hydrogens (primary N) is 1. The zero-order valence-corrected chi connectivity index (χ0v) is 19.2. The summed E-state index contributed by atoms with van der Waals surface area (Å²) in [7, 11) is 1.70. The third-order valence-corrected chi connectivity index (χ3v) is 5.49. The predicted molar refractivity (Wildman–Crippen MR) is 130 cm³/mol. The van der Waals surface area contributed by atoms with Crippen LogP contribution < -0.4 is 21.3 Å². The zero-order chi connectivity index (χ0) is 23.0. The summed E-state index contributed by atoms with van der Waals surface area (Å²) in [6.45, 7) is 1.73. The molecule has 0 aliphatic carbocycles. The smallest absolute Gasteiger partial charge is 0.316 e. The van der Waals surface area contributed by atoms with E-state index in [1.165, 1.54) is 11.3 Å². The average Bonchev–Trinajstić information content (AvgIpc) is 3.12. The maximum absolute atomic E-state index is 12.7. The van der Waals surface area contributed by atoms with Crippen LogP contribution in [0.25, 0.3) is 0 Å². The maximum Gasteiger partial charge on any atom is 0.316 e. The van der Waals surface area contributed by atoms with Gasteiger partial charge < -0.3 is 16.4 Å². The van der Waals surface area contributed by atoms with Gasteiger partial charge in [-0.1, -0.05) is 23.7 Å². The number of urea groups is 1. The average molecular weight is 477 g/mol. The van der Waals surface area contributed by atoms with Gasteiger partial charge in [0.1, 0.15) is 0 Å². The first kappa shape index (κ1) is 24.3. The lowest BCUT2D eigenvalue weighted by Crippen LogP contribution is -2.30. The lowest BCUT2D eigenvalue weighted by Gasteiger charge is -2.20. The molecule has 0 saturated carbocycles. The van der Waals surface area contributed by atoms with Crippen molar-refractivity contribution in [1.82, 2.24) is 0 Å². The molecule has 0 spiro atoms. The predicted octanol–water partition coefficient (Wildman–Crippen LogP) is 5.02. The summed E-state index contributed by atoms with van der Waals surface area (Å²) >= 11 is 11.0. The Labute approximate surface area is 194 Å². The van der Waals surface area contributed by atoms with Crippen molar-refractivity contribution < 1.29 is 14.4 Å². The van der Waals surface area contributed by atoms with Gasteiger partial charge in [-0.05, 0) is 55.0 Å². The number of carbonyl (C=O) groups excluding carboxylic acids is 3.